The molecular weight excluding hydrogens is 202 g/mol. The Morgan fingerprint density at radius 3 is 2.00 bits per heavy atom. The second-order valence-electron chi connectivity index (χ2n) is 3.98. The molecule has 0 aromatic rings. The number of rotatable bonds is 11. The van der Waals surface area contributed by atoms with Gasteiger partial charge in [0, 0.05) is 13.2 Å². The second kappa shape index (κ2) is 11.4. The van der Waals surface area contributed by atoms with Crippen LogP contribution in [0.3, 0.4) is 0 Å². The van der Waals surface area contributed by atoms with Gasteiger partial charge in [-0.1, -0.05) is 26.7 Å². The molecule has 1 N–H and O–H groups in total. The largest absolute Gasteiger partial charge is 0.351 e. The van der Waals surface area contributed by atoms with Crippen LogP contribution >= 0.6 is 0 Å². The number of hydrogen-bond donors (Lipinski definition) is 1. The molecule has 3 heteroatoms. The van der Waals surface area contributed by atoms with Crippen LogP contribution in [-0.2, 0) is 9.47 Å². The first kappa shape index (κ1) is 15.9. The highest BCUT2D eigenvalue weighted by Crippen LogP contribution is 2.10. The summed E-state index contributed by atoms with van der Waals surface area (Å²) in [7, 11) is 0. The molecule has 0 spiro atoms. The summed E-state index contributed by atoms with van der Waals surface area (Å²) in [5.41, 5.74) is 0. The number of nitrogens with one attached hydrogen (secondary N) is 1. The highest BCUT2D eigenvalue weighted by molar-refractivity contribution is 4.71. The summed E-state index contributed by atoms with van der Waals surface area (Å²) < 4.78 is 11.3. The highest BCUT2D eigenvalue weighted by Gasteiger charge is 2.20. The summed E-state index contributed by atoms with van der Waals surface area (Å²) in [4.78, 5) is 0. The zero-order valence-corrected chi connectivity index (χ0v) is 11.4. The van der Waals surface area contributed by atoms with Crippen LogP contribution in [0.1, 0.15) is 53.4 Å². The van der Waals surface area contributed by atoms with Crippen molar-refractivity contribution >= 4 is 0 Å². The van der Waals surface area contributed by atoms with Gasteiger partial charge in [-0.05, 0) is 33.2 Å². The van der Waals surface area contributed by atoms with Crippen molar-refractivity contribution in [2.75, 3.05) is 19.8 Å². The topological polar surface area (TPSA) is 30.5 Å². The quantitative estimate of drug-likeness (QED) is 0.555. The minimum absolute atomic E-state index is 0.0897. The zero-order valence-electron chi connectivity index (χ0n) is 11.4. The fourth-order valence-corrected chi connectivity index (χ4v) is 1.70. The van der Waals surface area contributed by atoms with Gasteiger partial charge in [-0.3, -0.25) is 0 Å². The molecule has 0 radical (unpaired) electrons. The molecular formula is C13H29NO2. The molecule has 3 nitrogen and oxygen atoms in total. The first-order valence-electron chi connectivity index (χ1n) is 6.76. The van der Waals surface area contributed by atoms with E-state index < -0.39 is 0 Å². The van der Waals surface area contributed by atoms with Gasteiger partial charge in [0.1, 0.15) is 0 Å². The van der Waals surface area contributed by atoms with E-state index in [2.05, 4.69) is 19.2 Å². The van der Waals surface area contributed by atoms with Crippen molar-refractivity contribution in [1.82, 2.24) is 5.32 Å². The van der Waals surface area contributed by atoms with Gasteiger partial charge in [-0.2, -0.15) is 0 Å². The van der Waals surface area contributed by atoms with E-state index in [1.165, 1.54) is 12.8 Å². The van der Waals surface area contributed by atoms with Crippen LogP contribution in [0.5, 0.6) is 0 Å². The number of unbranched alkanes of at least 4 members (excludes halogenated alkanes) is 1. The lowest BCUT2D eigenvalue weighted by molar-refractivity contribution is -0.155. The van der Waals surface area contributed by atoms with Crippen molar-refractivity contribution < 1.29 is 9.47 Å². The van der Waals surface area contributed by atoms with Gasteiger partial charge in [0.15, 0.2) is 6.29 Å². The Hall–Kier alpha value is -0.120. The van der Waals surface area contributed by atoms with Crippen molar-refractivity contribution in [3.05, 3.63) is 0 Å². The molecule has 1 atom stereocenters. The number of ether oxygens (including phenoxy) is 2. The number of hydrogen-bond acceptors (Lipinski definition) is 3. The normalized spacial score (nSPS) is 13.3. The maximum Gasteiger partial charge on any atom is 0.172 e. The minimum Gasteiger partial charge on any atom is -0.351 e. The van der Waals surface area contributed by atoms with E-state index in [4.69, 9.17) is 9.47 Å². The Bertz CT molecular complexity index is 128. The fraction of sp³-hybridized carbons (Fsp3) is 1.00. The van der Waals surface area contributed by atoms with E-state index in [0.717, 1.165) is 19.4 Å². The van der Waals surface area contributed by atoms with Crippen LogP contribution in [0.2, 0.25) is 0 Å². The monoisotopic (exact) mass is 231 g/mol. The van der Waals surface area contributed by atoms with E-state index >= 15 is 0 Å². The van der Waals surface area contributed by atoms with Crippen LogP contribution in [0.25, 0.3) is 0 Å². The summed E-state index contributed by atoms with van der Waals surface area (Å²) in [6, 6.07) is 0.333. The maximum atomic E-state index is 5.65. The molecule has 0 saturated carbocycles. The fourth-order valence-electron chi connectivity index (χ4n) is 1.70. The van der Waals surface area contributed by atoms with Crippen LogP contribution in [0, 0.1) is 0 Å². The third-order valence-corrected chi connectivity index (χ3v) is 2.52. The molecule has 1 unspecified atom stereocenters. The molecule has 0 fully saturated rings. The molecule has 0 rings (SSSR count). The Labute approximate surface area is 101 Å². The molecule has 0 heterocycles. The average Bonchev–Trinajstić information content (AvgIpc) is 2.29. The van der Waals surface area contributed by atoms with E-state index in [1.807, 2.05) is 13.8 Å². The summed E-state index contributed by atoms with van der Waals surface area (Å²) in [6.45, 7) is 10.9. The predicted octanol–water partition coefficient (Wildman–Crippen LogP) is 2.94. The van der Waals surface area contributed by atoms with Gasteiger partial charge >= 0.3 is 0 Å². The molecule has 0 amide bonds. The van der Waals surface area contributed by atoms with Gasteiger partial charge in [-0.25, -0.2) is 0 Å². The Morgan fingerprint density at radius 1 is 0.938 bits per heavy atom. The van der Waals surface area contributed by atoms with Crippen LogP contribution in [0.15, 0.2) is 0 Å². The lowest BCUT2D eigenvalue weighted by atomic mass is 10.1. The van der Waals surface area contributed by atoms with Crippen molar-refractivity contribution in [1.29, 1.82) is 0 Å². The molecule has 0 aromatic carbocycles. The van der Waals surface area contributed by atoms with Crippen molar-refractivity contribution in [2.45, 2.75) is 65.7 Å². The molecule has 0 aliphatic heterocycles. The highest BCUT2D eigenvalue weighted by atomic mass is 16.7. The molecule has 0 aliphatic carbocycles. The van der Waals surface area contributed by atoms with E-state index in [-0.39, 0.29) is 6.29 Å². The third kappa shape index (κ3) is 7.20. The van der Waals surface area contributed by atoms with Crippen molar-refractivity contribution in [3.8, 4) is 0 Å². The predicted molar refractivity (Wildman–Crippen MR) is 68.6 cm³/mol. The summed E-state index contributed by atoms with van der Waals surface area (Å²) in [6.07, 6.45) is 4.62. The van der Waals surface area contributed by atoms with E-state index in [0.29, 0.717) is 19.3 Å². The Balaban J connectivity index is 4.15. The molecule has 0 bridgehead atoms. The van der Waals surface area contributed by atoms with Crippen LogP contribution in [-0.4, -0.2) is 32.1 Å². The standard InChI is InChI=1S/C13H29NO2/c1-5-9-10-12(14-11-6-2)13(15-7-3)16-8-4/h12-14H,5-11H2,1-4H3. The van der Waals surface area contributed by atoms with Crippen molar-refractivity contribution in [2.24, 2.45) is 0 Å². The van der Waals surface area contributed by atoms with E-state index in [1.54, 1.807) is 0 Å². The van der Waals surface area contributed by atoms with Crippen molar-refractivity contribution in [3.63, 3.8) is 0 Å². The molecule has 0 aliphatic rings. The lowest BCUT2D eigenvalue weighted by Crippen LogP contribution is -2.43. The van der Waals surface area contributed by atoms with Gasteiger partial charge in [0.05, 0.1) is 6.04 Å². The molecule has 98 valence electrons. The smallest absolute Gasteiger partial charge is 0.172 e. The van der Waals surface area contributed by atoms with Gasteiger partial charge in [-0.15, -0.1) is 0 Å². The van der Waals surface area contributed by atoms with Crippen LogP contribution in [0.4, 0.5) is 0 Å². The van der Waals surface area contributed by atoms with Gasteiger partial charge < -0.3 is 14.8 Å². The molecule has 0 aromatic heterocycles. The minimum atomic E-state index is -0.0897. The zero-order chi connectivity index (χ0) is 12.2. The molecule has 16 heavy (non-hydrogen) atoms. The first-order chi connectivity index (χ1) is 7.79. The summed E-state index contributed by atoms with van der Waals surface area (Å²) in [5, 5.41) is 3.52. The SMILES string of the molecule is CCCCC(NCCC)C(OCC)OCC. The average molecular weight is 231 g/mol. The Kier molecular flexibility index (Phi) is 11.3. The molecule has 0 saturated heterocycles. The van der Waals surface area contributed by atoms with E-state index in [9.17, 15) is 0 Å². The van der Waals surface area contributed by atoms with Gasteiger partial charge in [0.25, 0.3) is 0 Å². The lowest BCUT2D eigenvalue weighted by Gasteiger charge is -2.27. The summed E-state index contributed by atoms with van der Waals surface area (Å²) >= 11 is 0. The second-order valence-corrected chi connectivity index (χ2v) is 3.98. The van der Waals surface area contributed by atoms with Gasteiger partial charge in [0.2, 0.25) is 0 Å². The third-order valence-electron chi connectivity index (χ3n) is 2.52. The first-order valence-corrected chi connectivity index (χ1v) is 6.76. The summed E-state index contributed by atoms with van der Waals surface area (Å²) in [5.74, 6) is 0. The van der Waals surface area contributed by atoms with Crippen LogP contribution < -0.4 is 5.32 Å². The maximum absolute atomic E-state index is 5.65. The Morgan fingerprint density at radius 2 is 1.56 bits per heavy atom.